The Balaban J connectivity index is 2.95. The zero-order valence-electron chi connectivity index (χ0n) is 12.5. The molecule has 0 aliphatic heterocycles. The number of methoxy groups -OCH3 is 2. The molecular weight excluding hydrogens is 242 g/mol. The van der Waals surface area contributed by atoms with Gasteiger partial charge in [-0.1, -0.05) is 13.0 Å². The van der Waals surface area contributed by atoms with Gasteiger partial charge in [-0.25, -0.2) is 0 Å². The van der Waals surface area contributed by atoms with E-state index >= 15 is 0 Å². The monoisotopic (exact) mass is 267 g/mol. The molecule has 1 aromatic rings. The Kier molecular flexibility index (Phi) is 6.67. The van der Waals surface area contributed by atoms with E-state index in [1.807, 2.05) is 25.1 Å². The maximum atomic E-state index is 5.95. The molecular formula is C15H25NO3. The highest BCUT2D eigenvalue weighted by atomic mass is 16.5. The fourth-order valence-electron chi connectivity index (χ4n) is 2.00. The van der Waals surface area contributed by atoms with Gasteiger partial charge in [0.15, 0.2) is 0 Å². The zero-order valence-corrected chi connectivity index (χ0v) is 12.5. The van der Waals surface area contributed by atoms with Crippen molar-refractivity contribution in [2.75, 3.05) is 27.4 Å². The first-order valence-corrected chi connectivity index (χ1v) is 6.69. The van der Waals surface area contributed by atoms with E-state index in [1.54, 1.807) is 14.2 Å². The van der Waals surface area contributed by atoms with Crippen LogP contribution in [0.5, 0.6) is 11.5 Å². The van der Waals surface area contributed by atoms with E-state index in [-0.39, 0.29) is 12.1 Å². The number of ether oxygens (including phenoxy) is 3. The maximum Gasteiger partial charge on any atom is 0.128 e. The molecule has 1 aromatic carbocycles. The van der Waals surface area contributed by atoms with Gasteiger partial charge in [0.2, 0.25) is 0 Å². The predicted molar refractivity (Wildman–Crippen MR) is 77.1 cm³/mol. The molecule has 1 rings (SSSR count). The molecule has 4 nitrogen and oxygen atoms in total. The molecule has 0 fully saturated rings. The van der Waals surface area contributed by atoms with Gasteiger partial charge in [0.1, 0.15) is 17.6 Å². The van der Waals surface area contributed by atoms with Crippen molar-refractivity contribution in [3.63, 3.8) is 0 Å². The van der Waals surface area contributed by atoms with Crippen LogP contribution in [0.25, 0.3) is 0 Å². The van der Waals surface area contributed by atoms with Crippen LogP contribution in [0.1, 0.15) is 32.4 Å². The van der Waals surface area contributed by atoms with Gasteiger partial charge < -0.3 is 19.5 Å². The van der Waals surface area contributed by atoms with Crippen molar-refractivity contribution in [3.05, 3.63) is 23.8 Å². The molecule has 0 heterocycles. The third kappa shape index (κ3) is 4.73. The first-order chi connectivity index (χ1) is 9.12. The van der Waals surface area contributed by atoms with Gasteiger partial charge in [-0.3, -0.25) is 0 Å². The van der Waals surface area contributed by atoms with Crippen molar-refractivity contribution >= 4 is 0 Å². The highest BCUT2D eigenvalue weighted by Crippen LogP contribution is 2.30. The van der Waals surface area contributed by atoms with Gasteiger partial charge in [-0.2, -0.15) is 0 Å². The van der Waals surface area contributed by atoms with E-state index in [9.17, 15) is 0 Å². The molecule has 0 saturated carbocycles. The summed E-state index contributed by atoms with van der Waals surface area (Å²) in [5.74, 6) is 1.64. The molecule has 1 N–H and O–H groups in total. The molecule has 0 aliphatic carbocycles. The van der Waals surface area contributed by atoms with Crippen LogP contribution < -0.4 is 14.8 Å². The van der Waals surface area contributed by atoms with E-state index < -0.39 is 0 Å². The van der Waals surface area contributed by atoms with Crippen LogP contribution in [0, 0.1) is 0 Å². The molecule has 108 valence electrons. The summed E-state index contributed by atoms with van der Waals surface area (Å²) in [6.07, 6.45) is 0.00434. The van der Waals surface area contributed by atoms with Gasteiger partial charge in [0, 0.05) is 24.8 Å². The summed E-state index contributed by atoms with van der Waals surface area (Å²) in [6, 6.07) is 6.16. The van der Waals surface area contributed by atoms with Crippen molar-refractivity contribution < 1.29 is 14.2 Å². The average Bonchev–Trinajstić information content (AvgIpc) is 2.39. The van der Waals surface area contributed by atoms with E-state index in [4.69, 9.17) is 14.2 Å². The molecule has 0 amide bonds. The fraction of sp³-hybridized carbons (Fsp3) is 0.600. The largest absolute Gasteiger partial charge is 0.497 e. The molecule has 0 spiro atoms. The second kappa shape index (κ2) is 8.02. The van der Waals surface area contributed by atoms with Crippen LogP contribution in [0.4, 0.5) is 0 Å². The van der Waals surface area contributed by atoms with Crippen LogP contribution in [0.15, 0.2) is 18.2 Å². The van der Waals surface area contributed by atoms with E-state index in [0.29, 0.717) is 6.61 Å². The molecule has 0 aliphatic rings. The topological polar surface area (TPSA) is 39.7 Å². The minimum Gasteiger partial charge on any atom is -0.497 e. The minimum atomic E-state index is 0.00434. The Labute approximate surface area is 116 Å². The molecule has 4 heteroatoms. The van der Waals surface area contributed by atoms with Crippen molar-refractivity contribution in [1.29, 1.82) is 0 Å². The average molecular weight is 267 g/mol. The Morgan fingerprint density at radius 2 is 1.95 bits per heavy atom. The normalized spacial score (nSPS) is 13.9. The number of hydrogen-bond donors (Lipinski definition) is 1. The lowest BCUT2D eigenvalue weighted by Gasteiger charge is -2.21. The first kappa shape index (κ1) is 15.8. The van der Waals surface area contributed by atoms with Crippen LogP contribution in [-0.2, 0) is 4.74 Å². The summed E-state index contributed by atoms with van der Waals surface area (Å²) >= 11 is 0. The van der Waals surface area contributed by atoms with Crippen LogP contribution in [-0.4, -0.2) is 33.5 Å². The van der Waals surface area contributed by atoms with Gasteiger partial charge >= 0.3 is 0 Å². The molecule has 0 aromatic heterocycles. The second-order valence-corrected chi connectivity index (χ2v) is 4.57. The number of hydrogen-bond acceptors (Lipinski definition) is 4. The van der Waals surface area contributed by atoms with E-state index in [2.05, 4.69) is 19.2 Å². The third-order valence-electron chi connectivity index (χ3n) is 2.93. The molecule has 2 atom stereocenters. The molecule has 19 heavy (non-hydrogen) atoms. The van der Waals surface area contributed by atoms with Crippen molar-refractivity contribution in [3.8, 4) is 11.5 Å². The molecule has 0 bridgehead atoms. The van der Waals surface area contributed by atoms with Crippen molar-refractivity contribution in [2.45, 2.75) is 32.9 Å². The Bertz CT molecular complexity index is 382. The maximum absolute atomic E-state index is 5.95. The lowest BCUT2D eigenvalue weighted by molar-refractivity contribution is 0.0909. The van der Waals surface area contributed by atoms with E-state index in [1.165, 1.54) is 0 Å². The van der Waals surface area contributed by atoms with Gasteiger partial charge in [-0.05, 0) is 26.5 Å². The Morgan fingerprint density at radius 1 is 1.21 bits per heavy atom. The highest BCUT2D eigenvalue weighted by Gasteiger charge is 2.14. The molecule has 2 unspecified atom stereocenters. The Hall–Kier alpha value is -1.26. The van der Waals surface area contributed by atoms with Crippen molar-refractivity contribution in [2.24, 2.45) is 0 Å². The smallest absolute Gasteiger partial charge is 0.128 e. The summed E-state index contributed by atoms with van der Waals surface area (Å²) in [6.45, 7) is 7.68. The van der Waals surface area contributed by atoms with Crippen molar-refractivity contribution in [1.82, 2.24) is 5.32 Å². The van der Waals surface area contributed by atoms with Gasteiger partial charge in [0.05, 0.1) is 13.7 Å². The zero-order chi connectivity index (χ0) is 14.3. The van der Waals surface area contributed by atoms with Crippen LogP contribution >= 0.6 is 0 Å². The van der Waals surface area contributed by atoms with Gasteiger partial charge in [0.25, 0.3) is 0 Å². The minimum absolute atomic E-state index is 0.00434. The van der Waals surface area contributed by atoms with Gasteiger partial charge in [-0.15, -0.1) is 0 Å². The number of nitrogens with one attached hydrogen (secondary N) is 1. The predicted octanol–water partition coefficient (Wildman–Crippen LogP) is 2.78. The molecule has 0 saturated heterocycles. The lowest BCUT2D eigenvalue weighted by atomic mass is 10.1. The fourth-order valence-corrected chi connectivity index (χ4v) is 2.00. The highest BCUT2D eigenvalue weighted by molar-refractivity contribution is 5.42. The first-order valence-electron chi connectivity index (χ1n) is 6.69. The summed E-state index contributed by atoms with van der Waals surface area (Å²) in [5.41, 5.74) is 1.13. The number of benzene rings is 1. The summed E-state index contributed by atoms with van der Waals surface area (Å²) < 4.78 is 16.3. The quantitative estimate of drug-likeness (QED) is 0.786. The SMILES string of the molecule is CCNC(C)c1ccc(OC)cc1OC(C)COC. The molecule has 0 radical (unpaired) electrons. The Morgan fingerprint density at radius 3 is 2.53 bits per heavy atom. The van der Waals surface area contributed by atoms with Crippen LogP contribution in [0.2, 0.25) is 0 Å². The van der Waals surface area contributed by atoms with E-state index in [0.717, 1.165) is 23.6 Å². The lowest BCUT2D eigenvalue weighted by Crippen LogP contribution is -2.22. The standard InChI is InChI=1S/C15H25NO3/c1-6-16-12(3)14-8-7-13(18-5)9-15(14)19-11(2)10-17-4/h7-9,11-12,16H,6,10H2,1-5H3. The summed E-state index contributed by atoms with van der Waals surface area (Å²) in [4.78, 5) is 0. The summed E-state index contributed by atoms with van der Waals surface area (Å²) in [7, 11) is 3.33. The third-order valence-corrected chi connectivity index (χ3v) is 2.93. The summed E-state index contributed by atoms with van der Waals surface area (Å²) in [5, 5.41) is 3.39. The van der Waals surface area contributed by atoms with Crippen LogP contribution in [0.3, 0.4) is 0 Å². The second-order valence-electron chi connectivity index (χ2n) is 4.57. The number of rotatable bonds is 8.